The Morgan fingerprint density at radius 2 is 0.764 bits per heavy atom. The fourth-order valence-corrected chi connectivity index (χ4v) is 15.2. The molecule has 2 heteroatoms. The average molecular weight is 922 g/mol. The first-order valence-electron chi connectivity index (χ1n) is 22.1. The van der Waals surface area contributed by atoms with Crippen LogP contribution in [0.25, 0.3) is 5.57 Å². The van der Waals surface area contributed by atoms with Gasteiger partial charge < -0.3 is 4.57 Å². The molecule has 0 amide bonds. The molecule has 0 saturated heterocycles. The van der Waals surface area contributed by atoms with Gasteiger partial charge in [-0.3, -0.25) is 0 Å². The number of rotatable bonds is 2. The largest absolute Gasteiger partial charge is 0.314 e. The second-order valence-corrected chi connectivity index (χ2v) is 22.0. The van der Waals surface area contributed by atoms with E-state index in [4.69, 9.17) is 12.8 Å². The van der Waals surface area contributed by atoms with Crippen LogP contribution in [0.4, 0.5) is 0 Å². The predicted molar refractivity (Wildman–Crippen MR) is 296 cm³/mol. The Morgan fingerprint density at radius 3 is 1.10 bits per heavy atom. The number of hydrogen-bond acceptors (Lipinski definition) is 1. The second kappa shape index (κ2) is 27.7. The fraction of sp³-hybridized carbons (Fsp3) is 0.229. The topological polar surface area (TPSA) is 3.24 Å². The first-order valence-corrected chi connectivity index (χ1v) is 25.1. The van der Waals surface area contributed by atoms with Crippen LogP contribution in [0.2, 0.25) is 18.6 Å². The SMILES string of the molecule is C#CC#CC#CC#CC#CC#CC#CC#CC#CC#CC#CC1(C#CC#CC#CC#CC#CC#CC#CC#CC#CC#CC#C)C2=CC3C(C=C2c2ccccc21)CCC3[Si](C)(C)N(C(C)(C)C)C(C)(C)C. The van der Waals surface area contributed by atoms with Gasteiger partial charge >= 0.3 is 0 Å². The van der Waals surface area contributed by atoms with Crippen molar-refractivity contribution in [2.45, 2.75) is 89.5 Å². The molecular formula is C70H39NSi. The van der Waals surface area contributed by atoms with Gasteiger partial charge in [0.25, 0.3) is 0 Å². The standard InChI is InChI=1S/C70H39NSi/c1-11-13-15-17-19-21-23-25-27-29-31-33-35-37-39-41-43-45-47-51-57-70(58-52-48-46-44-42-40-38-36-34-32-30-28-26-24-22-20-18-16-14-12-2)65-54-50-49-53-62(65)64-59-61-55-56-67(63(61)60-66(64)70)72(9,10)71(68(3,4)5)69(6,7)8/h1-2,49-50,53-54,59-61,63,67H,55-56H2,3-10H3. The van der Waals surface area contributed by atoms with Gasteiger partial charge in [-0.1, -0.05) is 67.8 Å². The van der Waals surface area contributed by atoms with Crippen LogP contribution >= 0.6 is 0 Å². The van der Waals surface area contributed by atoms with E-state index in [2.05, 4.69) is 338 Å². The van der Waals surface area contributed by atoms with E-state index in [0.29, 0.717) is 17.4 Å². The lowest BCUT2D eigenvalue weighted by Crippen LogP contribution is -2.67. The summed E-state index contributed by atoms with van der Waals surface area (Å²) in [5, 5.41) is 0. The van der Waals surface area contributed by atoms with Crippen molar-refractivity contribution < 1.29 is 0 Å². The highest BCUT2D eigenvalue weighted by atomic mass is 28.3. The van der Waals surface area contributed by atoms with Crippen molar-refractivity contribution in [1.82, 2.24) is 4.57 Å². The summed E-state index contributed by atoms with van der Waals surface area (Å²) in [4.78, 5) is 0. The maximum atomic E-state index is 5.02. The van der Waals surface area contributed by atoms with Gasteiger partial charge in [0.15, 0.2) is 0 Å². The van der Waals surface area contributed by atoms with Crippen molar-refractivity contribution >= 4 is 13.8 Å². The van der Waals surface area contributed by atoms with E-state index in [1.54, 1.807) is 0 Å². The van der Waals surface area contributed by atoms with Crippen molar-refractivity contribution in [3.05, 3.63) is 53.1 Å². The molecule has 1 nitrogen and oxygen atoms in total. The zero-order valence-electron chi connectivity index (χ0n) is 41.2. The van der Waals surface area contributed by atoms with Gasteiger partial charge in [-0.15, -0.1) is 12.8 Å². The molecule has 0 aromatic heterocycles. The summed E-state index contributed by atoms with van der Waals surface area (Å²) in [5.41, 5.74) is 3.84. The molecule has 0 heterocycles. The van der Waals surface area contributed by atoms with Crippen molar-refractivity contribution in [2.75, 3.05) is 0 Å². The Kier molecular flexibility index (Phi) is 20.7. The Balaban J connectivity index is 1.68. The average Bonchev–Trinajstić information content (AvgIpc) is 3.88. The molecular weight excluding hydrogens is 883 g/mol. The number of terminal acetylenes is 2. The summed E-state index contributed by atoms with van der Waals surface area (Å²) in [5.74, 6) is 112. The Labute approximate surface area is 432 Å². The van der Waals surface area contributed by atoms with Crippen molar-refractivity contribution in [2.24, 2.45) is 11.8 Å². The van der Waals surface area contributed by atoms with E-state index < -0.39 is 13.7 Å². The number of benzene rings is 1. The van der Waals surface area contributed by atoms with Crippen molar-refractivity contribution in [3.63, 3.8) is 0 Å². The summed E-state index contributed by atoms with van der Waals surface area (Å²) in [6.45, 7) is 19.2. The maximum absolute atomic E-state index is 5.02. The van der Waals surface area contributed by atoms with E-state index in [1.807, 2.05) is 6.07 Å². The van der Waals surface area contributed by atoms with Crippen LogP contribution in [-0.2, 0) is 5.41 Å². The van der Waals surface area contributed by atoms with Gasteiger partial charge in [-0.05, 0) is 277 Å². The van der Waals surface area contributed by atoms with Gasteiger partial charge in [0.2, 0.25) is 0 Å². The van der Waals surface area contributed by atoms with Crippen LogP contribution < -0.4 is 0 Å². The normalized spacial score (nSPS) is 14.0. The van der Waals surface area contributed by atoms with Gasteiger partial charge in [0.05, 0.1) is 0 Å². The van der Waals surface area contributed by atoms with Crippen LogP contribution in [0, 0.1) is 273 Å². The van der Waals surface area contributed by atoms with E-state index in [0.717, 1.165) is 29.5 Å². The molecule has 0 spiro atoms. The molecule has 1 aromatic rings. The quantitative estimate of drug-likeness (QED) is 0.227. The Bertz CT molecular complexity index is 3770. The molecule has 1 fully saturated rings. The summed E-state index contributed by atoms with van der Waals surface area (Å²) in [6.07, 6.45) is 17.3. The molecule has 3 aliphatic carbocycles. The first kappa shape index (κ1) is 53.8. The van der Waals surface area contributed by atoms with Gasteiger partial charge in [-0.2, -0.15) is 0 Å². The zero-order chi connectivity index (χ0) is 52.0. The van der Waals surface area contributed by atoms with Crippen LogP contribution in [0.3, 0.4) is 0 Å². The summed E-state index contributed by atoms with van der Waals surface area (Å²) in [6, 6.07) is 8.34. The molecule has 1 saturated carbocycles. The van der Waals surface area contributed by atoms with Crippen LogP contribution in [-0.4, -0.2) is 23.9 Å². The minimum absolute atomic E-state index is 0.00444. The minimum Gasteiger partial charge on any atom is -0.314 e. The zero-order valence-corrected chi connectivity index (χ0v) is 42.2. The third kappa shape index (κ3) is 16.2. The van der Waals surface area contributed by atoms with Crippen LogP contribution in [0.5, 0.6) is 0 Å². The molecule has 328 valence electrons. The number of fused-ring (bicyclic) bond motifs is 4. The summed E-state index contributed by atoms with van der Waals surface area (Å²) < 4.78 is 2.83. The molecule has 0 bridgehead atoms. The lowest BCUT2D eigenvalue weighted by molar-refractivity contribution is 0.122. The molecule has 3 unspecified atom stereocenters. The lowest BCUT2D eigenvalue weighted by Gasteiger charge is -2.57. The highest BCUT2D eigenvalue weighted by molar-refractivity contribution is 6.76. The smallest absolute Gasteiger partial charge is 0.144 e. The van der Waals surface area contributed by atoms with Crippen LogP contribution in [0.15, 0.2) is 42.0 Å². The Hall–Kier alpha value is -10.8. The highest BCUT2D eigenvalue weighted by Gasteiger charge is 2.55. The molecule has 4 rings (SSSR count). The van der Waals surface area contributed by atoms with Crippen molar-refractivity contribution in [3.8, 4) is 262 Å². The van der Waals surface area contributed by atoms with Gasteiger partial charge in [-0.25, -0.2) is 0 Å². The highest BCUT2D eigenvalue weighted by Crippen LogP contribution is 2.59. The number of hydrogen-bond donors (Lipinski definition) is 0. The summed E-state index contributed by atoms with van der Waals surface area (Å²) in [7, 11) is -2.07. The van der Waals surface area contributed by atoms with Gasteiger partial charge in [0, 0.05) is 58.4 Å². The third-order valence-electron chi connectivity index (χ3n) is 10.5. The Morgan fingerprint density at radius 1 is 0.444 bits per heavy atom. The van der Waals surface area contributed by atoms with E-state index in [9.17, 15) is 0 Å². The summed E-state index contributed by atoms with van der Waals surface area (Å²) >= 11 is 0. The second-order valence-electron chi connectivity index (χ2n) is 17.5. The third-order valence-corrected chi connectivity index (χ3v) is 15.5. The molecule has 0 radical (unpaired) electrons. The van der Waals surface area contributed by atoms with E-state index in [1.165, 1.54) is 5.57 Å². The maximum Gasteiger partial charge on any atom is 0.144 e. The molecule has 3 atom stereocenters. The van der Waals surface area contributed by atoms with E-state index >= 15 is 0 Å². The number of allylic oxidation sites excluding steroid dienone is 4. The fourth-order valence-electron chi connectivity index (χ4n) is 9.24. The number of nitrogens with zero attached hydrogens (tertiary/aromatic N) is 1. The predicted octanol–water partition coefficient (Wildman–Crippen LogP) is 7.10. The minimum atomic E-state index is -2.07. The lowest BCUT2D eigenvalue weighted by atomic mass is 9.74. The first-order chi connectivity index (χ1) is 34.8. The molecule has 3 aliphatic rings. The van der Waals surface area contributed by atoms with Gasteiger partial charge in [0.1, 0.15) is 13.7 Å². The van der Waals surface area contributed by atoms with Crippen LogP contribution in [0.1, 0.15) is 65.5 Å². The molecule has 72 heavy (non-hydrogen) atoms. The monoisotopic (exact) mass is 921 g/mol. The molecule has 1 aromatic carbocycles. The molecule has 0 aliphatic heterocycles. The van der Waals surface area contributed by atoms with Crippen molar-refractivity contribution in [1.29, 1.82) is 0 Å². The molecule has 0 N–H and O–H groups in total. The van der Waals surface area contributed by atoms with E-state index in [-0.39, 0.29) is 11.1 Å².